The third-order valence-electron chi connectivity index (χ3n) is 4.00. The SMILES string of the molecule is O=C(Nc1ccc(Br)cc1Br)N1CCC2(CC1)OCCCO2. The molecule has 2 saturated heterocycles. The van der Waals surface area contributed by atoms with Crippen LogP contribution in [0.2, 0.25) is 0 Å². The third-order valence-corrected chi connectivity index (χ3v) is 5.15. The van der Waals surface area contributed by atoms with E-state index in [-0.39, 0.29) is 6.03 Å². The van der Waals surface area contributed by atoms with Crippen molar-refractivity contribution in [3.05, 3.63) is 27.1 Å². The fourth-order valence-corrected chi connectivity index (χ4v) is 3.89. The van der Waals surface area contributed by atoms with E-state index in [9.17, 15) is 4.79 Å². The van der Waals surface area contributed by atoms with Crippen molar-refractivity contribution in [2.75, 3.05) is 31.6 Å². The van der Waals surface area contributed by atoms with E-state index in [1.54, 1.807) is 4.90 Å². The number of carbonyl (C=O) groups is 1. The second kappa shape index (κ2) is 6.86. The number of nitrogens with one attached hydrogen (secondary N) is 1. The lowest BCUT2D eigenvalue weighted by Crippen LogP contribution is -2.52. The molecule has 3 rings (SSSR count). The molecule has 0 aromatic heterocycles. The molecule has 1 spiro atoms. The summed E-state index contributed by atoms with van der Waals surface area (Å²) in [5.41, 5.74) is 0.763. The first kappa shape index (κ1) is 16.2. The second-order valence-electron chi connectivity index (χ2n) is 5.50. The van der Waals surface area contributed by atoms with E-state index in [0.717, 1.165) is 47.1 Å². The number of amides is 2. The number of hydrogen-bond donors (Lipinski definition) is 1. The fourth-order valence-electron chi connectivity index (χ4n) is 2.74. The molecule has 1 N–H and O–H groups in total. The van der Waals surface area contributed by atoms with Gasteiger partial charge in [0, 0.05) is 34.9 Å². The van der Waals surface area contributed by atoms with Crippen LogP contribution in [0.25, 0.3) is 0 Å². The zero-order valence-electron chi connectivity index (χ0n) is 12.1. The molecule has 2 aliphatic heterocycles. The molecule has 7 heteroatoms. The zero-order chi connectivity index (χ0) is 15.6. The summed E-state index contributed by atoms with van der Waals surface area (Å²) < 4.78 is 13.4. The summed E-state index contributed by atoms with van der Waals surface area (Å²) in [6.07, 6.45) is 2.40. The average Bonchev–Trinajstić information content (AvgIpc) is 2.51. The number of rotatable bonds is 1. The predicted octanol–water partition coefficient (Wildman–Crippen LogP) is 3.97. The highest BCUT2D eigenvalue weighted by Gasteiger charge is 2.39. The van der Waals surface area contributed by atoms with Crippen LogP contribution in [0.5, 0.6) is 0 Å². The maximum Gasteiger partial charge on any atom is 0.321 e. The highest BCUT2D eigenvalue weighted by Crippen LogP contribution is 2.31. The Morgan fingerprint density at radius 3 is 2.50 bits per heavy atom. The summed E-state index contributed by atoms with van der Waals surface area (Å²) in [4.78, 5) is 14.2. The number of piperidine rings is 1. The van der Waals surface area contributed by atoms with Crippen LogP contribution in [-0.4, -0.2) is 43.0 Å². The van der Waals surface area contributed by atoms with E-state index >= 15 is 0 Å². The van der Waals surface area contributed by atoms with Crippen molar-refractivity contribution < 1.29 is 14.3 Å². The van der Waals surface area contributed by atoms with E-state index in [4.69, 9.17) is 9.47 Å². The summed E-state index contributed by atoms with van der Waals surface area (Å²) in [7, 11) is 0. The molecule has 0 atom stereocenters. The third kappa shape index (κ3) is 3.64. The number of anilines is 1. The molecule has 0 saturated carbocycles. The summed E-state index contributed by atoms with van der Waals surface area (Å²) >= 11 is 6.85. The summed E-state index contributed by atoms with van der Waals surface area (Å²) in [5, 5.41) is 2.94. The normalized spacial score (nSPS) is 20.9. The molecule has 0 unspecified atom stereocenters. The Morgan fingerprint density at radius 1 is 1.18 bits per heavy atom. The van der Waals surface area contributed by atoms with Crippen LogP contribution in [0, 0.1) is 0 Å². The van der Waals surface area contributed by atoms with Crippen LogP contribution >= 0.6 is 31.9 Å². The van der Waals surface area contributed by atoms with Crippen LogP contribution in [0.1, 0.15) is 19.3 Å². The van der Waals surface area contributed by atoms with Gasteiger partial charge in [-0.3, -0.25) is 0 Å². The maximum atomic E-state index is 12.4. The van der Waals surface area contributed by atoms with Gasteiger partial charge in [-0.25, -0.2) is 4.79 Å². The lowest BCUT2D eigenvalue weighted by atomic mass is 10.0. The van der Waals surface area contributed by atoms with Gasteiger partial charge in [-0.05, 0) is 40.5 Å². The Morgan fingerprint density at radius 2 is 1.86 bits per heavy atom. The number of benzene rings is 1. The molecule has 0 bridgehead atoms. The van der Waals surface area contributed by atoms with Crippen molar-refractivity contribution in [1.82, 2.24) is 4.90 Å². The van der Waals surface area contributed by atoms with Crippen LogP contribution in [0.4, 0.5) is 10.5 Å². The Labute approximate surface area is 146 Å². The molecule has 2 amide bonds. The van der Waals surface area contributed by atoms with E-state index in [1.807, 2.05) is 18.2 Å². The number of likely N-dealkylation sites (tertiary alicyclic amines) is 1. The fraction of sp³-hybridized carbons (Fsp3) is 0.533. The minimum absolute atomic E-state index is 0.0892. The van der Waals surface area contributed by atoms with Gasteiger partial charge < -0.3 is 19.7 Å². The molecule has 1 aromatic carbocycles. The van der Waals surface area contributed by atoms with E-state index < -0.39 is 5.79 Å². The van der Waals surface area contributed by atoms with Crippen LogP contribution in [0.3, 0.4) is 0 Å². The Kier molecular flexibility index (Phi) is 5.07. The second-order valence-corrected chi connectivity index (χ2v) is 7.27. The topological polar surface area (TPSA) is 50.8 Å². The number of hydrogen-bond acceptors (Lipinski definition) is 3. The summed E-state index contributed by atoms with van der Waals surface area (Å²) in [6.45, 7) is 2.77. The molecule has 120 valence electrons. The first-order valence-electron chi connectivity index (χ1n) is 7.37. The minimum Gasteiger partial charge on any atom is -0.350 e. The van der Waals surface area contributed by atoms with Gasteiger partial charge in [0.25, 0.3) is 0 Å². The maximum absolute atomic E-state index is 12.4. The Balaban J connectivity index is 1.57. The quantitative estimate of drug-likeness (QED) is 0.728. The molecule has 2 fully saturated rings. The predicted molar refractivity (Wildman–Crippen MR) is 90.9 cm³/mol. The molecule has 0 radical (unpaired) electrons. The lowest BCUT2D eigenvalue weighted by Gasteiger charge is -2.43. The molecule has 2 heterocycles. The highest BCUT2D eigenvalue weighted by molar-refractivity contribution is 9.11. The van der Waals surface area contributed by atoms with Gasteiger partial charge >= 0.3 is 6.03 Å². The molecule has 2 aliphatic rings. The van der Waals surface area contributed by atoms with Crippen molar-refractivity contribution in [3.8, 4) is 0 Å². The van der Waals surface area contributed by atoms with Crippen LogP contribution in [0.15, 0.2) is 27.1 Å². The average molecular weight is 434 g/mol. The number of ether oxygens (including phenoxy) is 2. The van der Waals surface area contributed by atoms with Crippen molar-refractivity contribution in [2.24, 2.45) is 0 Å². The lowest BCUT2D eigenvalue weighted by molar-refractivity contribution is -0.281. The van der Waals surface area contributed by atoms with Crippen LogP contribution in [-0.2, 0) is 9.47 Å². The number of urea groups is 1. The Bertz CT molecular complexity index is 552. The molecule has 1 aromatic rings. The molecular formula is C15H18Br2N2O3. The summed E-state index contributed by atoms with van der Waals surface area (Å²) in [6, 6.07) is 5.58. The smallest absolute Gasteiger partial charge is 0.321 e. The van der Waals surface area contributed by atoms with Crippen molar-refractivity contribution in [1.29, 1.82) is 0 Å². The zero-order valence-corrected chi connectivity index (χ0v) is 15.3. The van der Waals surface area contributed by atoms with Gasteiger partial charge in [0.1, 0.15) is 0 Å². The van der Waals surface area contributed by atoms with Gasteiger partial charge in [-0.2, -0.15) is 0 Å². The molecule has 5 nitrogen and oxygen atoms in total. The van der Waals surface area contributed by atoms with Gasteiger partial charge in [-0.1, -0.05) is 15.9 Å². The first-order valence-corrected chi connectivity index (χ1v) is 8.95. The van der Waals surface area contributed by atoms with Crippen molar-refractivity contribution in [2.45, 2.75) is 25.0 Å². The number of nitrogens with zero attached hydrogens (tertiary/aromatic N) is 1. The largest absolute Gasteiger partial charge is 0.350 e. The van der Waals surface area contributed by atoms with Gasteiger partial charge in [0.15, 0.2) is 5.79 Å². The Hall–Kier alpha value is -0.630. The van der Waals surface area contributed by atoms with Crippen LogP contribution < -0.4 is 5.32 Å². The van der Waals surface area contributed by atoms with Crippen molar-refractivity contribution >= 4 is 43.6 Å². The molecule has 22 heavy (non-hydrogen) atoms. The highest BCUT2D eigenvalue weighted by atomic mass is 79.9. The van der Waals surface area contributed by atoms with Crippen molar-refractivity contribution in [3.63, 3.8) is 0 Å². The minimum atomic E-state index is -0.465. The summed E-state index contributed by atoms with van der Waals surface area (Å²) in [5.74, 6) is -0.465. The first-order chi connectivity index (χ1) is 10.6. The van der Waals surface area contributed by atoms with E-state index in [2.05, 4.69) is 37.2 Å². The van der Waals surface area contributed by atoms with Gasteiger partial charge in [0.05, 0.1) is 18.9 Å². The number of carbonyl (C=O) groups excluding carboxylic acids is 1. The van der Waals surface area contributed by atoms with Gasteiger partial charge in [0.2, 0.25) is 0 Å². The molecule has 0 aliphatic carbocycles. The van der Waals surface area contributed by atoms with E-state index in [1.165, 1.54) is 0 Å². The van der Waals surface area contributed by atoms with E-state index in [0.29, 0.717) is 13.1 Å². The monoisotopic (exact) mass is 432 g/mol. The number of halogens is 2. The standard InChI is InChI=1S/C15H18Br2N2O3/c16-11-2-3-13(12(17)10-11)18-14(20)19-6-4-15(5-7-19)21-8-1-9-22-15/h2-3,10H,1,4-9H2,(H,18,20). The molecular weight excluding hydrogens is 416 g/mol. The van der Waals surface area contributed by atoms with Gasteiger partial charge in [-0.15, -0.1) is 0 Å².